The van der Waals surface area contributed by atoms with Crippen LogP contribution in [-0.4, -0.2) is 53.3 Å². The van der Waals surface area contributed by atoms with Crippen molar-refractivity contribution < 1.29 is 9.59 Å². The van der Waals surface area contributed by atoms with Crippen LogP contribution in [0.4, 0.5) is 0 Å². The first-order chi connectivity index (χ1) is 10.9. The van der Waals surface area contributed by atoms with E-state index in [9.17, 15) is 9.59 Å². The fraction of sp³-hybridized carbons (Fsp3) is 0.412. The van der Waals surface area contributed by atoms with Crippen LogP contribution in [0.25, 0.3) is 10.9 Å². The average molecular weight is 334 g/mol. The number of hydrogen-bond acceptors (Lipinski definition) is 2. The minimum Gasteiger partial charge on any atom is -0.361 e. The van der Waals surface area contributed by atoms with Gasteiger partial charge in [-0.1, -0.05) is 17.7 Å². The number of hydrogen-bond donors (Lipinski definition) is 1. The van der Waals surface area contributed by atoms with Gasteiger partial charge in [-0.15, -0.1) is 0 Å². The molecule has 1 aromatic heterocycles. The predicted molar refractivity (Wildman–Crippen MR) is 90.6 cm³/mol. The number of fused-ring (bicyclic) bond motifs is 1. The first-order valence-corrected chi connectivity index (χ1v) is 8.07. The number of carbonyl (C=O) groups excluding carboxylic acids is 2. The number of piperazine rings is 1. The molecule has 0 saturated carbocycles. The Bertz CT molecular complexity index is 745. The number of halogens is 1. The van der Waals surface area contributed by atoms with Gasteiger partial charge in [-0.2, -0.15) is 0 Å². The van der Waals surface area contributed by atoms with Crippen LogP contribution < -0.4 is 0 Å². The van der Waals surface area contributed by atoms with E-state index in [1.54, 1.807) is 4.90 Å². The molecule has 0 aliphatic carbocycles. The zero-order valence-corrected chi connectivity index (χ0v) is 14.1. The zero-order chi connectivity index (χ0) is 16.6. The van der Waals surface area contributed by atoms with E-state index >= 15 is 0 Å². The minimum atomic E-state index is -0.643. The van der Waals surface area contributed by atoms with Gasteiger partial charge in [-0.3, -0.25) is 9.59 Å². The molecule has 1 aliphatic heterocycles. The number of benzene rings is 1. The molecule has 6 heteroatoms. The van der Waals surface area contributed by atoms with E-state index in [0.717, 1.165) is 22.9 Å². The summed E-state index contributed by atoms with van der Waals surface area (Å²) in [6.07, 6.45) is 2.73. The Hall–Kier alpha value is -2.01. The van der Waals surface area contributed by atoms with E-state index in [2.05, 4.69) is 4.98 Å². The molecule has 1 aromatic carbocycles. The Morgan fingerprint density at radius 3 is 2.61 bits per heavy atom. The lowest BCUT2D eigenvalue weighted by Gasteiger charge is -2.37. The molecule has 5 nitrogen and oxygen atoms in total. The van der Waals surface area contributed by atoms with Gasteiger partial charge >= 0.3 is 0 Å². The highest BCUT2D eigenvalue weighted by atomic mass is 35.5. The quantitative estimate of drug-likeness (QED) is 0.877. The van der Waals surface area contributed by atoms with Gasteiger partial charge < -0.3 is 14.8 Å². The van der Waals surface area contributed by atoms with Crippen LogP contribution in [0.5, 0.6) is 0 Å². The Morgan fingerprint density at radius 1 is 1.26 bits per heavy atom. The van der Waals surface area contributed by atoms with Crippen molar-refractivity contribution in [3.63, 3.8) is 0 Å². The number of nitrogens with zero attached hydrogens (tertiary/aromatic N) is 2. The van der Waals surface area contributed by atoms with Crippen molar-refractivity contribution in [1.29, 1.82) is 0 Å². The molecule has 3 rings (SSSR count). The van der Waals surface area contributed by atoms with Gasteiger partial charge in [0, 0.05) is 48.3 Å². The molecule has 0 radical (unpaired) electrons. The molecule has 2 aromatic rings. The standard InChI is InChI=1S/C17H20ClN3O2/c1-17(2,16(23)21-7-5-20(11-22)6-8-21)14-10-19-15-9-12(18)3-4-13(14)15/h3-4,9-11,19H,5-8H2,1-2H3. The highest BCUT2D eigenvalue weighted by Gasteiger charge is 2.36. The lowest BCUT2D eigenvalue weighted by Crippen LogP contribution is -2.52. The van der Waals surface area contributed by atoms with Crippen molar-refractivity contribution in [2.24, 2.45) is 0 Å². The van der Waals surface area contributed by atoms with Crippen LogP contribution in [0, 0.1) is 0 Å². The van der Waals surface area contributed by atoms with E-state index in [1.165, 1.54) is 0 Å². The highest BCUT2D eigenvalue weighted by molar-refractivity contribution is 6.31. The van der Waals surface area contributed by atoms with Crippen LogP contribution in [-0.2, 0) is 15.0 Å². The predicted octanol–water partition coefficient (Wildman–Crippen LogP) is 2.40. The lowest BCUT2D eigenvalue weighted by atomic mass is 9.82. The second-order valence-corrected chi connectivity index (χ2v) is 6.89. The number of rotatable bonds is 3. The first kappa shape index (κ1) is 15.9. The number of nitrogens with one attached hydrogen (secondary N) is 1. The largest absolute Gasteiger partial charge is 0.361 e. The highest BCUT2D eigenvalue weighted by Crippen LogP contribution is 2.33. The minimum absolute atomic E-state index is 0.0823. The van der Waals surface area contributed by atoms with Crippen LogP contribution in [0.3, 0.4) is 0 Å². The third kappa shape index (κ3) is 2.81. The van der Waals surface area contributed by atoms with E-state index in [4.69, 9.17) is 11.6 Å². The number of H-pyrrole nitrogens is 1. The molecule has 1 aliphatic rings. The summed E-state index contributed by atoms with van der Waals surface area (Å²) in [5.41, 5.74) is 1.25. The molecule has 1 N–H and O–H groups in total. The summed E-state index contributed by atoms with van der Waals surface area (Å²) in [6, 6.07) is 5.65. The van der Waals surface area contributed by atoms with Crippen molar-refractivity contribution in [2.45, 2.75) is 19.3 Å². The molecule has 0 unspecified atom stereocenters. The van der Waals surface area contributed by atoms with Crippen LogP contribution >= 0.6 is 11.6 Å². The number of carbonyl (C=O) groups is 2. The van der Waals surface area contributed by atoms with Gasteiger partial charge in [0.05, 0.1) is 5.41 Å². The molecular formula is C17H20ClN3O2. The Balaban J connectivity index is 1.87. The summed E-state index contributed by atoms with van der Waals surface area (Å²) < 4.78 is 0. The number of aromatic amines is 1. The molecule has 2 amide bonds. The number of aromatic nitrogens is 1. The second-order valence-electron chi connectivity index (χ2n) is 6.45. The smallest absolute Gasteiger partial charge is 0.232 e. The van der Waals surface area contributed by atoms with Gasteiger partial charge in [-0.25, -0.2) is 0 Å². The summed E-state index contributed by atoms with van der Waals surface area (Å²) in [6.45, 7) is 6.23. The van der Waals surface area contributed by atoms with Gasteiger partial charge in [0.1, 0.15) is 0 Å². The van der Waals surface area contributed by atoms with Gasteiger partial charge in [-0.05, 0) is 31.5 Å². The summed E-state index contributed by atoms with van der Waals surface area (Å²) in [5.74, 6) is 0.0823. The Labute approximate surface area is 140 Å². The zero-order valence-electron chi connectivity index (χ0n) is 13.3. The van der Waals surface area contributed by atoms with E-state index in [1.807, 2.05) is 43.1 Å². The third-order valence-electron chi connectivity index (χ3n) is 4.60. The maximum atomic E-state index is 13.0. The molecule has 0 atom stereocenters. The summed E-state index contributed by atoms with van der Waals surface area (Å²) in [4.78, 5) is 30.5. The molecule has 23 heavy (non-hydrogen) atoms. The molecule has 122 valence electrons. The van der Waals surface area contributed by atoms with Crippen molar-refractivity contribution in [3.05, 3.63) is 35.0 Å². The summed E-state index contributed by atoms with van der Waals surface area (Å²) in [5, 5.41) is 1.68. The fourth-order valence-corrected chi connectivity index (χ4v) is 3.33. The van der Waals surface area contributed by atoms with E-state index in [-0.39, 0.29) is 5.91 Å². The van der Waals surface area contributed by atoms with Gasteiger partial charge in [0.15, 0.2) is 0 Å². The van der Waals surface area contributed by atoms with Crippen LogP contribution in [0.1, 0.15) is 19.4 Å². The lowest BCUT2D eigenvalue weighted by molar-refractivity contribution is -0.139. The molecule has 2 heterocycles. The maximum Gasteiger partial charge on any atom is 0.232 e. The van der Waals surface area contributed by atoms with Gasteiger partial charge in [0.2, 0.25) is 12.3 Å². The van der Waals surface area contributed by atoms with Crippen molar-refractivity contribution >= 4 is 34.8 Å². The molecule has 1 fully saturated rings. The Kier molecular flexibility index (Phi) is 4.06. The molecule has 0 bridgehead atoms. The third-order valence-corrected chi connectivity index (χ3v) is 4.84. The van der Waals surface area contributed by atoms with Crippen LogP contribution in [0.2, 0.25) is 5.02 Å². The first-order valence-electron chi connectivity index (χ1n) is 7.69. The number of amides is 2. The summed E-state index contributed by atoms with van der Waals surface area (Å²) in [7, 11) is 0. The van der Waals surface area contributed by atoms with E-state index < -0.39 is 5.41 Å². The van der Waals surface area contributed by atoms with E-state index in [0.29, 0.717) is 31.2 Å². The fourth-order valence-electron chi connectivity index (χ4n) is 3.16. The molecule has 1 saturated heterocycles. The second kappa shape index (κ2) is 5.89. The van der Waals surface area contributed by atoms with Crippen molar-refractivity contribution in [1.82, 2.24) is 14.8 Å². The van der Waals surface area contributed by atoms with Crippen molar-refractivity contribution in [2.75, 3.05) is 26.2 Å². The molecule has 0 spiro atoms. The van der Waals surface area contributed by atoms with Gasteiger partial charge in [0.25, 0.3) is 0 Å². The SMILES string of the molecule is CC(C)(C(=O)N1CCN(C=O)CC1)c1c[nH]c2cc(Cl)ccc12. The van der Waals surface area contributed by atoms with Crippen LogP contribution in [0.15, 0.2) is 24.4 Å². The topological polar surface area (TPSA) is 56.4 Å². The van der Waals surface area contributed by atoms with Crippen molar-refractivity contribution in [3.8, 4) is 0 Å². The monoisotopic (exact) mass is 333 g/mol. The normalized spacial score (nSPS) is 16.0. The average Bonchev–Trinajstić information content (AvgIpc) is 2.97. The summed E-state index contributed by atoms with van der Waals surface area (Å²) >= 11 is 6.03. The Morgan fingerprint density at radius 2 is 1.96 bits per heavy atom. The maximum absolute atomic E-state index is 13.0. The molecular weight excluding hydrogens is 314 g/mol.